The van der Waals surface area contributed by atoms with Gasteiger partial charge in [0.2, 0.25) is 0 Å². The van der Waals surface area contributed by atoms with E-state index in [1.165, 1.54) is 0 Å². The molecule has 98 valence electrons. The lowest BCUT2D eigenvalue weighted by atomic mass is 10.0. The van der Waals surface area contributed by atoms with Crippen LogP contribution in [0.2, 0.25) is 0 Å². The molecule has 0 unspecified atom stereocenters. The van der Waals surface area contributed by atoms with Gasteiger partial charge in [-0.3, -0.25) is 0 Å². The van der Waals surface area contributed by atoms with Gasteiger partial charge in [-0.15, -0.1) is 0 Å². The maximum Gasteiger partial charge on any atom is 0.165 e. The monoisotopic (exact) mass is 256 g/mol. The minimum Gasteiger partial charge on any atom is -0.490 e. The maximum absolute atomic E-state index is 13.3. The van der Waals surface area contributed by atoms with Crippen molar-refractivity contribution in [1.29, 1.82) is 0 Å². The van der Waals surface area contributed by atoms with Crippen molar-refractivity contribution in [3.8, 4) is 5.75 Å². The van der Waals surface area contributed by atoms with Crippen molar-refractivity contribution in [1.82, 2.24) is 0 Å². The highest BCUT2D eigenvalue weighted by Crippen LogP contribution is 2.49. The molecule has 6 heteroatoms. The smallest absolute Gasteiger partial charge is 0.165 e. The second kappa shape index (κ2) is 4.80. The molecule has 0 saturated heterocycles. The van der Waals surface area contributed by atoms with Crippen LogP contribution in [0.1, 0.15) is 19.3 Å². The van der Waals surface area contributed by atoms with E-state index in [-0.39, 0.29) is 23.6 Å². The summed E-state index contributed by atoms with van der Waals surface area (Å²) in [5, 5.41) is 11.4. The SMILES string of the molecule is NC(CC1(COc2cc(F)ccc2F)CC1)=NO. The first-order valence-corrected chi connectivity index (χ1v) is 5.59. The first-order chi connectivity index (χ1) is 8.54. The highest BCUT2D eigenvalue weighted by atomic mass is 19.1. The zero-order chi connectivity index (χ0) is 13.2. The summed E-state index contributed by atoms with van der Waals surface area (Å²) in [7, 11) is 0. The lowest BCUT2D eigenvalue weighted by Gasteiger charge is -2.15. The number of oxime groups is 1. The van der Waals surface area contributed by atoms with Crippen LogP contribution >= 0.6 is 0 Å². The van der Waals surface area contributed by atoms with Crippen LogP contribution in [0.5, 0.6) is 5.75 Å². The molecule has 1 saturated carbocycles. The van der Waals surface area contributed by atoms with Crippen molar-refractivity contribution < 1.29 is 18.7 Å². The number of nitrogens with zero attached hydrogens (tertiary/aromatic N) is 1. The molecule has 0 aliphatic heterocycles. The first-order valence-electron chi connectivity index (χ1n) is 5.59. The van der Waals surface area contributed by atoms with Crippen LogP contribution in [0.3, 0.4) is 0 Å². The molecular formula is C12H14F2N2O2. The number of amidine groups is 1. The van der Waals surface area contributed by atoms with E-state index in [4.69, 9.17) is 15.7 Å². The molecule has 0 atom stereocenters. The molecule has 18 heavy (non-hydrogen) atoms. The van der Waals surface area contributed by atoms with E-state index in [0.717, 1.165) is 31.0 Å². The molecule has 0 spiro atoms. The molecule has 1 fully saturated rings. The number of hydrogen-bond donors (Lipinski definition) is 2. The molecule has 0 radical (unpaired) electrons. The maximum atomic E-state index is 13.3. The Labute approximate surface area is 103 Å². The summed E-state index contributed by atoms with van der Waals surface area (Å²) in [6.07, 6.45) is 2.11. The number of rotatable bonds is 5. The van der Waals surface area contributed by atoms with Gasteiger partial charge < -0.3 is 15.7 Å². The molecule has 1 aliphatic carbocycles. The normalized spacial score (nSPS) is 17.6. The van der Waals surface area contributed by atoms with Crippen LogP contribution in [0.25, 0.3) is 0 Å². The molecule has 0 bridgehead atoms. The minimum atomic E-state index is -0.601. The van der Waals surface area contributed by atoms with Crippen LogP contribution < -0.4 is 10.5 Å². The van der Waals surface area contributed by atoms with E-state index < -0.39 is 11.6 Å². The van der Waals surface area contributed by atoms with E-state index in [9.17, 15) is 8.78 Å². The predicted octanol–water partition coefficient (Wildman–Crippen LogP) is 2.26. The van der Waals surface area contributed by atoms with E-state index in [1.54, 1.807) is 0 Å². The fraction of sp³-hybridized carbons (Fsp3) is 0.417. The zero-order valence-electron chi connectivity index (χ0n) is 9.70. The summed E-state index contributed by atoms with van der Waals surface area (Å²) < 4.78 is 31.5. The van der Waals surface area contributed by atoms with Crippen LogP contribution in [-0.2, 0) is 0 Å². The van der Waals surface area contributed by atoms with E-state index in [1.807, 2.05) is 0 Å². The Hall–Kier alpha value is -1.85. The average molecular weight is 256 g/mol. The third-order valence-electron chi connectivity index (χ3n) is 3.07. The van der Waals surface area contributed by atoms with Crippen LogP contribution in [0.15, 0.2) is 23.4 Å². The highest BCUT2D eigenvalue weighted by molar-refractivity contribution is 5.80. The summed E-state index contributed by atoms with van der Waals surface area (Å²) in [5.41, 5.74) is 5.22. The highest BCUT2D eigenvalue weighted by Gasteiger charge is 2.44. The Morgan fingerprint density at radius 3 is 2.78 bits per heavy atom. The van der Waals surface area contributed by atoms with E-state index >= 15 is 0 Å². The van der Waals surface area contributed by atoms with Crippen molar-refractivity contribution in [2.24, 2.45) is 16.3 Å². The lowest BCUT2D eigenvalue weighted by Crippen LogP contribution is -2.22. The summed E-state index contributed by atoms with van der Waals surface area (Å²) in [6.45, 7) is 0.226. The van der Waals surface area contributed by atoms with Crippen molar-refractivity contribution >= 4 is 5.84 Å². The minimum absolute atomic E-state index is 0.110. The zero-order valence-corrected chi connectivity index (χ0v) is 9.70. The topological polar surface area (TPSA) is 67.8 Å². The molecule has 0 heterocycles. The summed E-state index contributed by atoms with van der Waals surface area (Å²) in [6, 6.07) is 3.06. The average Bonchev–Trinajstić information content (AvgIpc) is 3.10. The Bertz CT molecular complexity index is 473. The van der Waals surface area contributed by atoms with E-state index in [2.05, 4.69) is 5.16 Å². The Morgan fingerprint density at radius 2 is 2.17 bits per heavy atom. The van der Waals surface area contributed by atoms with Crippen molar-refractivity contribution in [3.05, 3.63) is 29.8 Å². The third-order valence-corrected chi connectivity index (χ3v) is 3.07. The van der Waals surface area contributed by atoms with Crippen molar-refractivity contribution in [3.63, 3.8) is 0 Å². The van der Waals surface area contributed by atoms with Gasteiger partial charge >= 0.3 is 0 Å². The van der Waals surface area contributed by atoms with Gasteiger partial charge in [0.1, 0.15) is 11.7 Å². The third kappa shape index (κ3) is 2.88. The van der Waals surface area contributed by atoms with Gasteiger partial charge in [0.15, 0.2) is 11.6 Å². The fourth-order valence-corrected chi connectivity index (χ4v) is 1.79. The molecule has 2 rings (SSSR count). The van der Waals surface area contributed by atoms with Crippen molar-refractivity contribution in [2.75, 3.05) is 6.61 Å². The molecule has 4 nitrogen and oxygen atoms in total. The Kier molecular flexibility index (Phi) is 3.36. The van der Waals surface area contributed by atoms with Gasteiger partial charge in [0.05, 0.1) is 6.61 Å². The summed E-state index contributed by atoms with van der Waals surface area (Å²) in [5.74, 6) is -1.14. The molecule has 0 aromatic heterocycles. The molecule has 1 aromatic carbocycles. The first kappa shape index (κ1) is 12.6. The molecule has 3 N–H and O–H groups in total. The van der Waals surface area contributed by atoms with Crippen LogP contribution in [-0.4, -0.2) is 17.6 Å². The van der Waals surface area contributed by atoms with Gasteiger partial charge in [0, 0.05) is 17.9 Å². The van der Waals surface area contributed by atoms with Crippen LogP contribution in [0, 0.1) is 17.0 Å². The second-order valence-electron chi connectivity index (χ2n) is 4.63. The largest absolute Gasteiger partial charge is 0.490 e. The number of ether oxygens (including phenoxy) is 1. The van der Waals surface area contributed by atoms with Gasteiger partial charge in [-0.25, -0.2) is 8.78 Å². The Balaban J connectivity index is 1.97. The number of halogens is 2. The molecule has 0 amide bonds. The summed E-state index contributed by atoms with van der Waals surface area (Å²) >= 11 is 0. The quantitative estimate of drug-likeness (QED) is 0.367. The van der Waals surface area contributed by atoms with Gasteiger partial charge in [-0.1, -0.05) is 5.16 Å². The number of nitrogens with two attached hydrogens (primary N) is 1. The standard InChI is InChI=1S/C12H14F2N2O2/c13-8-1-2-9(14)10(5-8)18-7-12(3-4-12)6-11(15)16-17/h1-2,5,17H,3-4,6-7H2,(H2,15,16). The van der Waals surface area contributed by atoms with Crippen LogP contribution in [0.4, 0.5) is 8.78 Å². The molecular weight excluding hydrogens is 242 g/mol. The second-order valence-corrected chi connectivity index (χ2v) is 4.63. The van der Waals surface area contributed by atoms with Crippen molar-refractivity contribution in [2.45, 2.75) is 19.3 Å². The molecule has 1 aromatic rings. The van der Waals surface area contributed by atoms with Gasteiger partial charge in [-0.2, -0.15) is 0 Å². The summed E-state index contributed by atoms with van der Waals surface area (Å²) in [4.78, 5) is 0. The molecule has 1 aliphatic rings. The van der Waals surface area contributed by atoms with Gasteiger partial charge in [-0.05, 0) is 25.0 Å². The fourth-order valence-electron chi connectivity index (χ4n) is 1.79. The number of hydrogen-bond acceptors (Lipinski definition) is 3. The predicted molar refractivity (Wildman–Crippen MR) is 61.5 cm³/mol. The number of benzene rings is 1. The lowest BCUT2D eigenvalue weighted by molar-refractivity contribution is 0.226. The Morgan fingerprint density at radius 1 is 1.44 bits per heavy atom. The van der Waals surface area contributed by atoms with Gasteiger partial charge in [0.25, 0.3) is 0 Å². The van der Waals surface area contributed by atoms with E-state index in [0.29, 0.717) is 6.42 Å².